The highest BCUT2D eigenvalue weighted by molar-refractivity contribution is 6.13. The number of hydrogen-bond donors (Lipinski definition) is 2. The molecule has 0 saturated carbocycles. The minimum atomic E-state index is -0.423. The molecule has 0 saturated heterocycles. The van der Waals surface area contributed by atoms with Gasteiger partial charge in [-0.05, 0) is 53.6 Å². The molecule has 0 aliphatic rings. The average molecular weight is 398 g/mol. The molecule has 4 aromatic carbocycles. The molecular weight excluding hydrogens is 379 g/mol. The highest BCUT2D eigenvalue weighted by Crippen LogP contribution is 2.31. The summed E-state index contributed by atoms with van der Waals surface area (Å²) < 4.78 is 13.5. The van der Waals surface area contributed by atoms with Gasteiger partial charge >= 0.3 is 0 Å². The van der Waals surface area contributed by atoms with Crippen molar-refractivity contribution in [3.63, 3.8) is 0 Å². The van der Waals surface area contributed by atoms with Crippen molar-refractivity contribution in [1.29, 1.82) is 0 Å². The van der Waals surface area contributed by atoms with Gasteiger partial charge in [0.05, 0.1) is 11.3 Å². The number of aryl methyl sites for hydroxylation is 1. The van der Waals surface area contributed by atoms with Crippen LogP contribution in [0.5, 0.6) is 5.75 Å². The fraction of sp³-hybridized carbons (Fsp3) is 0.0400. The van der Waals surface area contributed by atoms with Gasteiger partial charge in [-0.2, -0.15) is 0 Å². The fourth-order valence-corrected chi connectivity index (χ4v) is 3.27. The number of phenols is 1. The highest BCUT2D eigenvalue weighted by atomic mass is 19.1. The van der Waals surface area contributed by atoms with E-state index in [0.717, 1.165) is 16.3 Å². The number of para-hydroxylation sites is 1. The summed E-state index contributed by atoms with van der Waals surface area (Å²) in [7, 11) is 0. The zero-order chi connectivity index (χ0) is 21.1. The molecule has 0 heterocycles. The molecule has 0 unspecified atom stereocenters. The van der Waals surface area contributed by atoms with Gasteiger partial charge < -0.3 is 10.4 Å². The van der Waals surface area contributed by atoms with Crippen LogP contribution in [0.25, 0.3) is 10.8 Å². The fourth-order valence-electron chi connectivity index (χ4n) is 3.27. The van der Waals surface area contributed by atoms with Crippen LogP contribution in [-0.2, 0) is 0 Å². The number of carbonyl (C=O) groups is 1. The van der Waals surface area contributed by atoms with E-state index in [2.05, 4.69) is 10.3 Å². The molecule has 4 rings (SSSR count). The largest absolute Gasteiger partial charge is 0.506 e. The van der Waals surface area contributed by atoms with Crippen molar-refractivity contribution in [2.75, 3.05) is 5.32 Å². The van der Waals surface area contributed by atoms with Gasteiger partial charge in [0.2, 0.25) is 0 Å². The van der Waals surface area contributed by atoms with Gasteiger partial charge in [0.15, 0.2) is 0 Å². The summed E-state index contributed by atoms with van der Waals surface area (Å²) in [5.74, 6) is -1.00. The van der Waals surface area contributed by atoms with Crippen molar-refractivity contribution in [3.05, 3.63) is 101 Å². The van der Waals surface area contributed by atoms with Gasteiger partial charge in [-0.25, -0.2) is 4.39 Å². The summed E-state index contributed by atoms with van der Waals surface area (Å²) in [5.41, 5.74) is 2.53. The van der Waals surface area contributed by atoms with Crippen molar-refractivity contribution in [1.82, 2.24) is 0 Å². The maximum atomic E-state index is 13.5. The average Bonchev–Trinajstić information content (AvgIpc) is 2.74. The normalized spacial score (nSPS) is 11.1. The number of halogens is 1. The summed E-state index contributed by atoms with van der Waals surface area (Å²) in [5, 5.41) is 15.3. The van der Waals surface area contributed by atoms with E-state index < -0.39 is 11.7 Å². The van der Waals surface area contributed by atoms with E-state index in [4.69, 9.17) is 0 Å². The predicted molar refractivity (Wildman–Crippen MR) is 118 cm³/mol. The summed E-state index contributed by atoms with van der Waals surface area (Å²) in [6.07, 6.45) is 1.46. The quantitative estimate of drug-likeness (QED) is 0.415. The number of nitrogens with one attached hydrogen (secondary N) is 1. The van der Waals surface area contributed by atoms with Crippen LogP contribution < -0.4 is 5.32 Å². The number of aliphatic imine (C=N–C) groups is 1. The minimum absolute atomic E-state index is 0.137. The zero-order valence-electron chi connectivity index (χ0n) is 16.3. The van der Waals surface area contributed by atoms with Crippen LogP contribution in [0, 0.1) is 12.7 Å². The van der Waals surface area contributed by atoms with Crippen LogP contribution >= 0.6 is 0 Å². The number of amides is 1. The van der Waals surface area contributed by atoms with E-state index in [9.17, 15) is 14.3 Å². The van der Waals surface area contributed by atoms with E-state index in [0.29, 0.717) is 16.9 Å². The molecule has 148 valence electrons. The highest BCUT2D eigenvalue weighted by Gasteiger charge is 2.18. The lowest BCUT2D eigenvalue weighted by Gasteiger charge is -2.13. The molecule has 30 heavy (non-hydrogen) atoms. The Morgan fingerprint density at radius 3 is 2.57 bits per heavy atom. The summed E-state index contributed by atoms with van der Waals surface area (Å²) in [4.78, 5) is 17.2. The Kier molecular flexibility index (Phi) is 5.26. The van der Waals surface area contributed by atoms with Crippen LogP contribution in [0.1, 0.15) is 21.5 Å². The number of nitrogens with zero attached hydrogens (tertiary/aromatic N) is 1. The molecule has 0 spiro atoms. The Labute approximate surface area is 173 Å². The number of rotatable bonds is 4. The van der Waals surface area contributed by atoms with Gasteiger partial charge in [0.25, 0.3) is 5.91 Å². The Hall–Kier alpha value is -3.99. The molecular formula is C25H19FN2O2. The third-order valence-corrected chi connectivity index (χ3v) is 4.85. The van der Waals surface area contributed by atoms with Gasteiger partial charge in [-0.15, -0.1) is 0 Å². The SMILES string of the molecule is Cc1ccccc1NC(=O)c1cc2ccccc2c(C=Nc2cccc(F)c2)c1O. The number of anilines is 1. The summed E-state index contributed by atoms with van der Waals surface area (Å²) in [6, 6.07) is 22.3. The van der Waals surface area contributed by atoms with Gasteiger partial charge in [0.1, 0.15) is 11.6 Å². The zero-order valence-corrected chi connectivity index (χ0v) is 16.3. The smallest absolute Gasteiger partial charge is 0.259 e. The lowest BCUT2D eigenvalue weighted by Crippen LogP contribution is -2.13. The number of hydrogen-bond acceptors (Lipinski definition) is 3. The summed E-state index contributed by atoms with van der Waals surface area (Å²) >= 11 is 0. The first kappa shape index (κ1) is 19.3. The van der Waals surface area contributed by atoms with Crippen LogP contribution in [0.4, 0.5) is 15.8 Å². The van der Waals surface area contributed by atoms with Crippen molar-refractivity contribution in [2.24, 2.45) is 4.99 Å². The number of aromatic hydroxyl groups is 1. The lowest BCUT2D eigenvalue weighted by atomic mass is 9.99. The second-order valence-electron chi connectivity index (χ2n) is 6.91. The molecule has 2 N–H and O–H groups in total. The molecule has 0 bridgehead atoms. The number of carbonyl (C=O) groups excluding carboxylic acids is 1. The Balaban J connectivity index is 1.79. The van der Waals surface area contributed by atoms with Crippen LogP contribution in [0.15, 0.2) is 83.9 Å². The maximum Gasteiger partial charge on any atom is 0.259 e. The van der Waals surface area contributed by atoms with Crippen molar-refractivity contribution in [2.45, 2.75) is 6.92 Å². The van der Waals surface area contributed by atoms with Crippen molar-refractivity contribution in [3.8, 4) is 5.75 Å². The molecule has 5 heteroatoms. The minimum Gasteiger partial charge on any atom is -0.506 e. The molecule has 0 atom stereocenters. The summed E-state index contributed by atoms with van der Waals surface area (Å²) in [6.45, 7) is 1.90. The van der Waals surface area contributed by atoms with E-state index >= 15 is 0 Å². The number of phenolic OH excluding ortho intramolecular Hbond substituents is 1. The first-order valence-corrected chi connectivity index (χ1v) is 9.44. The van der Waals surface area contributed by atoms with Gasteiger partial charge in [0, 0.05) is 17.5 Å². The standard InChI is InChI=1S/C25H19FN2O2/c1-16-7-2-5-12-23(16)28-25(30)21-13-17-8-3-4-11-20(17)22(24(21)29)15-27-19-10-6-9-18(26)14-19/h2-15,29H,1H3,(H,28,30). The molecule has 4 nitrogen and oxygen atoms in total. The van der Waals surface area contributed by atoms with E-state index in [1.165, 1.54) is 18.3 Å². The first-order chi connectivity index (χ1) is 14.5. The van der Waals surface area contributed by atoms with Crippen LogP contribution in [0.2, 0.25) is 0 Å². The van der Waals surface area contributed by atoms with E-state index in [1.807, 2.05) is 49.4 Å². The molecule has 0 fully saturated rings. The second-order valence-corrected chi connectivity index (χ2v) is 6.91. The van der Waals surface area contributed by atoms with E-state index in [1.54, 1.807) is 24.3 Å². The number of benzene rings is 4. The molecule has 0 aliphatic carbocycles. The molecule has 1 amide bonds. The monoisotopic (exact) mass is 398 g/mol. The Bertz CT molecular complexity index is 1280. The number of fused-ring (bicyclic) bond motifs is 1. The second kappa shape index (κ2) is 8.17. The molecule has 0 aromatic heterocycles. The van der Waals surface area contributed by atoms with Crippen molar-refractivity contribution >= 4 is 34.3 Å². The van der Waals surface area contributed by atoms with Gasteiger partial charge in [-0.1, -0.05) is 48.5 Å². The van der Waals surface area contributed by atoms with Gasteiger partial charge in [-0.3, -0.25) is 9.79 Å². The van der Waals surface area contributed by atoms with Crippen LogP contribution in [-0.4, -0.2) is 17.2 Å². The third-order valence-electron chi connectivity index (χ3n) is 4.85. The molecule has 0 aliphatic heterocycles. The first-order valence-electron chi connectivity index (χ1n) is 9.44. The lowest BCUT2D eigenvalue weighted by molar-refractivity contribution is 0.102. The maximum absolute atomic E-state index is 13.5. The van der Waals surface area contributed by atoms with Crippen molar-refractivity contribution < 1.29 is 14.3 Å². The van der Waals surface area contributed by atoms with Crippen LogP contribution in [0.3, 0.4) is 0 Å². The molecule has 0 radical (unpaired) electrons. The predicted octanol–water partition coefficient (Wildman–Crippen LogP) is 6.00. The Morgan fingerprint density at radius 1 is 1.00 bits per heavy atom. The van der Waals surface area contributed by atoms with E-state index in [-0.39, 0.29) is 11.3 Å². The molecule has 4 aromatic rings. The topological polar surface area (TPSA) is 61.7 Å². The third kappa shape index (κ3) is 3.91. The Morgan fingerprint density at radius 2 is 1.77 bits per heavy atom.